The first-order chi connectivity index (χ1) is 5.68. The zero-order valence-corrected chi connectivity index (χ0v) is 6.49. The number of hydrogen-bond acceptors (Lipinski definition) is 3. The molecule has 3 nitrogen and oxygen atoms in total. The Kier molecular flexibility index (Phi) is 2.63. The second-order valence-electron chi connectivity index (χ2n) is 2.20. The summed E-state index contributed by atoms with van der Waals surface area (Å²) in [5, 5.41) is 0. The Labute approximate surface area is 69.0 Å². The van der Waals surface area contributed by atoms with Gasteiger partial charge in [-0.15, -0.1) is 0 Å². The second kappa shape index (κ2) is 3.71. The molecule has 4 heteroatoms. The Morgan fingerprint density at radius 3 is 2.58 bits per heavy atom. The molecule has 62 valence electrons. The van der Waals surface area contributed by atoms with Crippen molar-refractivity contribution in [3.05, 3.63) is 30.1 Å². The molecular formula is C8H7FN2O. The van der Waals surface area contributed by atoms with Crippen LogP contribution in [-0.2, 0) is 4.79 Å². The van der Waals surface area contributed by atoms with Gasteiger partial charge in [0.05, 0.1) is 12.4 Å². The second-order valence-corrected chi connectivity index (χ2v) is 2.20. The van der Waals surface area contributed by atoms with E-state index in [-0.39, 0.29) is 5.78 Å². The Bertz CT molecular complexity index is 305. The van der Waals surface area contributed by atoms with Crippen LogP contribution in [0, 0.1) is 5.82 Å². The SMILES string of the molecule is CC(=O)/C=C/c1ncc(F)cn1. The van der Waals surface area contributed by atoms with Crippen molar-refractivity contribution in [1.29, 1.82) is 0 Å². The van der Waals surface area contributed by atoms with Crippen LogP contribution in [0.4, 0.5) is 4.39 Å². The number of carbonyl (C=O) groups is 1. The van der Waals surface area contributed by atoms with Gasteiger partial charge in [0.25, 0.3) is 0 Å². The van der Waals surface area contributed by atoms with Gasteiger partial charge in [-0.25, -0.2) is 14.4 Å². The molecule has 0 aliphatic heterocycles. The van der Waals surface area contributed by atoms with E-state index < -0.39 is 5.82 Å². The zero-order valence-electron chi connectivity index (χ0n) is 6.49. The number of ketones is 1. The van der Waals surface area contributed by atoms with E-state index in [2.05, 4.69) is 9.97 Å². The van der Waals surface area contributed by atoms with Crippen molar-refractivity contribution in [2.45, 2.75) is 6.92 Å². The van der Waals surface area contributed by atoms with Crippen LogP contribution in [0.1, 0.15) is 12.7 Å². The predicted molar refractivity (Wildman–Crippen MR) is 41.7 cm³/mol. The molecule has 0 spiro atoms. The van der Waals surface area contributed by atoms with Crippen molar-refractivity contribution in [3.63, 3.8) is 0 Å². The van der Waals surface area contributed by atoms with Crippen LogP contribution in [0.15, 0.2) is 18.5 Å². The van der Waals surface area contributed by atoms with Crippen molar-refractivity contribution in [3.8, 4) is 0 Å². The summed E-state index contributed by atoms with van der Waals surface area (Å²) in [7, 11) is 0. The van der Waals surface area contributed by atoms with E-state index in [4.69, 9.17) is 0 Å². The first-order valence-electron chi connectivity index (χ1n) is 3.34. The average Bonchev–Trinajstić information content (AvgIpc) is 2.03. The van der Waals surface area contributed by atoms with Gasteiger partial charge in [0.2, 0.25) is 0 Å². The minimum atomic E-state index is -0.491. The van der Waals surface area contributed by atoms with Crippen LogP contribution in [-0.4, -0.2) is 15.8 Å². The molecule has 0 fully saturated rings. The summed E-state index contributed by atoms with van der Waals surface area (Å²) in [6.45, 7) is 1.42. The molecule has 0 radical (unpaired) electrons. The summed E-state index contributed by atoms with van der Waals surface area (Å²) < 4.78 is 12.3. The standard InChI is InChI=1S/C8H7FN2O/c1-6(12)2-3-8-10-4-7(9)5-11-8/h2-5H,1H3/b3-2+. The summed E-state index contributed by atoms with van der Waals surface area (Å²) in [4.78, 5) is 17.7. The molecule has 0 unspecified atom stereocenters. The van der Waals surface area contributed by atoms with Crippen molar-refractivity contribution in [2.24, 2.45) is 0 Å². The predicted octanol–water partition coefficient (Wildman–Crippen LogP) is 1.22. The highest BCUT2D eigenvalue weighted by atomic mass is 19.1. The lowest BCUT2D eigenvalue weighted by Crippen LogP contribution is -1.88. The zero-order chi connectivity index (χ0) is 8.97. The van der Waals surface area contributed by atoms with E-state index in [0.29, 0.717) is 5.82 Å². The molecule has 1 aromatic heterocycles. The van der Waals surface area contributed by atoms with Gasteiger partial charge in [-0.05, 0) is 19.1 Å². The first-order valence-corrected chi connectivity index (χ1v) is 3.34. The molecule has 0 bridgehead atoms. The molecule has 1 aromatic rings. The fourth-order valence-corrected chi connectivity index (χ4v) is 0.600. The fourth-order valence-electron chi connectivity index (χ4n) is 0.600. The lowest BCUT2D eigenvalue weighted by atomic mass is 10.4. The molecule has 1 heterocycles. The highest BCUT2D eigenvalue weighted by Gasteiger charge is 1.91. The average molecular weight is 166 g/mol. The highest BCUT2D eigenvalue weighted by Crippen LogP contribution is 1.95. The maximum Gasteiger partial charge on any atom is 0.159 e. The highest BCUT2D eigenvalue weighted by molar-refractivity contribution is 5.90. The van der Waals surface area contributed by atoms with Crippen LogP contribution in [0.25, 0.3) is 6.08 Å². The van der Waals surface area contributed by atoms with Gasteiger partial charge >= 0.3 is 0 Å². The van der Waals surface area contributed by atoms with E-state index in [1.807, 2.05) is 0 Å². The molecule has 0 aliphatic carbocycles. The van der Waals surface area contributed by atoms with Gasteiger partial charge in [-0.1, -0.05) is 0 Å². The number of nitrogens with zero attached hydrogens (tertiary/aromatic N) is 2. The molecule has 0 aliphatic rings. The third-order valence-electron chi connectivity index (χ3n) is 1.11. The van der Waals surface area contributed by atoms with E-state index in [1.165, 1.54) is 19.1 Å². The number of halogens is 1. The van der Waals surface area contributed by atoms with Crippen molar-refractivity contribution >= 4 is 11.9 Å². The summed E-state index contributed by atoms with van der Waals surface area (Å²) in [5.74, 6) is -0.260. The Hall–Kier alpha value is -1.58. The van der Waals surface area contributed by atoms with E-state index in [9.17, 15) is 9.18 Å². The number of rotatable bonds is 2. The summed E-state index contributed by atoms with van der Waals surface area (Å²) >= 11 is 0. The minimum absolute atomic E-state index is 0.0945. The number of hydrogen-bond donors (Lipinski definition) is 0. The van der Waals surface area contributed by atoms with Gasteiger partial charge in [0, 0.05) is 0 Å². The summed E-state index contributed by atoms with van der Waals surface area (Å²) in [5.41, 5.74) is 0. The molecule has 12 heavy (non-hydrogen) atoms. The Morgan fingerprint density at radius 2 is 2.08 bits per heavy atom. The topological polar surface area (TPSA) is 42.9 Å². The molecule has 0 saturated heterocycles. The molecule has 0 N–H and O–H groups in total. The number of aromatic nitrogens is 2. The lowest BCUT2D eigenvalue weighted by molar-refractivity contribution is -0.112. The van der Waals surface area contributed by atoms with Gasteiger partial charge < -0.3 is 0 Å². The molecular weight excluding hydrogens is 159 g/mol. The summed E-state index contributed by atoms with van der Waals surface area (Å²) in [6.07, 6.45) is 4.86. The number of carbonyl (C=O) groups excluding carboxylic acids is 1. The van der Waals surface area contributed by atoms with Crippen LogP contribution in [0.5, 0.6) is 0 Å². The van der Waals surface area contributed by atoms with Crippen LogP contribution in [0.3, 0.4) is 0 Å². The van der Waals surface area contributed by atoms with Crippen molar-refractivity contribution in [2.75, 3.05) is 0 Å². The van der Waals surface area contributed by atoms with Crippen molar-refractivity contribution in [1.82, 2.24) is 9.97 Å². The first kappa shape index (κ1) is 8.52. The molecule has 1 rings (SSSR count). The Balaban J connectivity index is 2.77. The van der Waals surface area contributed by atoms with Gasteiger partial charge in [0.15, 0.2) is 17.4 Å². The van der Waals surface area contributed by atoms with Crippen LogP contribution < -0.4 is 0 Å². The fraction of sp³-hybridized carbons (Fsp3) is 0.125. The molecule has 0 saturated carbocycles. The quantitative estimate of drug-likeness (QED) is 0.620. The third-order valence-corrected chi connectivity index (χ3v) is 1.11. The molecule has 0 aromatic carbocycles. The van der Waals surface area contributed by atoms with Gasteiger partial charge in [-0.3, -0.25) is 4.79 Å². The maximum atomic E-state index is 12.3. The van der Waals surface area contributed by atoms with Gasteiger partial charge in [-0.2, -0.15) is 0 Å². The van der Waals surface area contributed by atoms with E-state index >= 15 is 0 Å². The smallest absolute Gasteiger partial charge is 0.159 e. The normalized spacial score (nSPS) is 10.5. The minimum Gasteiger partial charge on any atom is -0.295 e. The lowest BCUT2D eigenvalue weighted by Gasteiger charge is -1.89. The summed E-state index contributed by atoms with van der Waals surface area (Å²) in [6, 6.07) is 0. The monoisotopic (exact) mass is 166 g/mol. The molecule has 0 amide bonds. The van der Waals surface area contributed by atoms with E-state index in [1.54, 1.807) is 0 Å². The van der Waals surface area contributed by atoms with Crippen molar-refractivity contribution < 1.29 is 9.18 Å². The van der Waals surface area contributed by atoms with Gasteiger partial charge in [0.1, 0.15) is 0 Å². The van der Waals surface area contributed by atoms with E-state index in [0.717, 1.165) is 12.4 Å². The third kappa shape index (κ3) is 2.57. The molecule has 0 atom stereocenters. The maximum absolute atomic E-state index is 12.3. The van der Waals surface area contributed by atoms with Crippen LogP contribution in [0.2, 0.25) is 0 Å². The Morgan fingerprint density at radius 1 is 1.50 bits per heavy atom. The number of allylic oxidation sites excluding steroid dienone is 1. The van der Waals surface area contributed by atoms with Crippen LogP contribution >= 0.6 is 0 Å². The largest absolute Gasteiger partial charge is 0.295 e.